The quantitative estimate of drug-likeness (QED) is 0.323. The average molecular weight is 558 g/mol. The van der Waals surface area contributed by atoms with Gasteiger partial charge < -0.3 is 23.7 Å². The third-order valence-electron chi connectivity index (χ3n) is 5.78. The Kier molecular flexibility index (Phi) is 8.63. The Hall–Kier alpha value is -3.41. The van der Waals surface area contributed by atoms with E-state index in [1.807, 2.05) is 27.7 Å². The van der Waals surface area contributed by atoms with Crippen molar-refractivity contribution >= 4 is 15.8 Å². The molecule has 0 amide bonds. The number of nitrogens with zero attached hydrogens (tertiary/aromatic N) is 3. The van der Waals surface area contributed by atoms with E-state index in [-0.39, 0.29) is 47.5 Å². The fourth-order valence-corrected chi connectivity index (χ4v) is 5.66. The van der Waals surface area contributed by atoms with Gasteiger partial charge in [0.05, 0.1) is 18.6 Å². The number of hydrogen-bond acceptors (Lipinski definition) is 9. The highest BCUT2D eigenvalue weighted by Crippen LogP contribution is 2.43. The van der Waals surface area contributed by atoms with Gasteiger partial charge in [0.2, 0.25) is 5.75 Å². The monoisotopic (exact) mass is 557 g/mol. The van der Waals surface area contributed by atoms with Crippen molar-refractivity contribution in [3.05, 3.63) is 60.4 Å². The van der Waals surface area contributed by atoms with Crippen LogP contribution in [0.5, 0.6) is 23.1 Å². The van der Waals surface area contributed by atoms with E-state index in [0.717, 1.165) is 0 Å². The molecule has 0 spiro atoms. The molecule has 2 aromatic carbocycles. The van der Waals surface area contributed by atoms with Crippen LogP contribution in [0, 0.1) is 12.8 Å². The molecule has 210 valence electrons. The van der Waals surface area contributed by atoms with Crippen LogP contribution >= 0.6 is 0 Å². The van der Waals surface area contributed by atoms with Gasteiger partial charge in [0.15, 0.2) is 23.1 Å². The Morgan fingerprint density at radius 1 is 1.05 bits per heavy atom. The molecule has 1 aromatic heterocycles. The summed E-state index contributed by atoms with van der Waals surface area (Å²) in [5, 5.41) is 0. The van der Waals surface area contributed by atoms with Crippen LogP contribution in [0.4, 0.5) is 5.82 Å². The van der Waals surface area contributed by atoms with Crippen LogP contribution in [0.1, 0.15) is 33.5 Å². The summed E-state index contributed by atoms with van der Waals surface area (Å²) >= 11 is 0. The van der Waals surface area contributed by atoms with Gasteiger partial charge in [0, 0.05) is 6.54 Å². The van der Waals surface area contributed by atoms with Crippen molar-refractivity contribution in [3.63, 3.8) is 0 Å². The Balaban J connectivity index is 1.84. The van der Waals surface area contributed by atoms with Crippen LogP contribution in [-0.2, 0) is 19.5 Å². The Labute approximate surface area is 229 Å². The van der Waals surface area contributed by atoms with Crippen molar-refractivity contribution < 1.29 is 32.1 Å². The zero-order chi connectivity index (χ0) is 28.2. The molecule has 4 rings (SSSR count). The van der Waals surface area contributed by atoms with Gasteiger partial charge in [0.1, 0.15) is 18.5 Å². The van der Waals surface area contributed by atoms with Crippen LogP contribution in [0.3, 0.4) is 0 Å². The van der Waals surface area contributed by atoms with Gasteiger partial charge in [-0.05, 0) is 51.0 Å². The van der Waals surface area contributed by atoms with Crippen LogP contribution in [0.2, 0.25) is 0 Å². The summed E-state index contributed by atoms with van der Waals surface area (Å²) < 4.78 is 58.6. The fourth-order valence-electron chi connectivity index (χ4n) is 4.06. The van der Waals surface area contributed by atoms with Gasteiger partial charge in [-0.25, -0.2) is 17.7 Å². The highest BCUT2D eigenvalue weighted by molar-refractivity contribution is 7.92. The van der Waals surface area contributed by atoms with E-state index in [4.69, 9.17) is 23.7 Å². The minimum atomic E-state index is -4.03. The molecule has 0 aliphatic carbocycles. The Morgan fingerprint density at radius 3 is 2.33 bits per heavy atom. The summed E-state index contributed by atoms with van der Waals surface area (Å²) in [5.41, 5.74) is 0. The molecule has 1 atom stereocenters. The summed E-state index contributed by atoms with van der Waals surface area (Å²) in [5.74, 6) is 0.534. The SMILES string of the molecule is COc1ccccc1Oc1c(OCC2COC(C)(C)O2)nc(C)nc1N(CC(C)C)S(=O)(=O)c1ccccc1. The van der Waals surface area contributed by atoms with Gasteiger partial charge in [-0.1, -0.05) is 44.2 Å². The molecular weight excluding hydrogens is 522 g/mol. The maximum Gasteiger partial charge on any atom is 0.265 e. The summed E-state index contributed by atoms with van der Waals surface area (Å²) in [4.78, 5) is 9.18. The molecule has 10 nitrogen and oxygen atoms in total. The van der Waals surface area contributed by atoms with Crippen molar-refractivity contribution in [1.82, 2.24) is 9.97 Å². The molecule has 1 fully saturated rings. The lowest BCUT2D eigenvalue weighted by atomic mass is 10.2. The van der Waals surface area contributed by atoms with Crippen molar-refractivity contribution in [2.24, 2.45) is 5.92 Å². The first kappa shape index (κ1) is 28.6. The predicted molar refractivity (Wildman–Crippen MR) is 146 cm³/mol. The van der Waals surface area contributed by atoms with Crippen LogP contribution in [-0.4, -0.2) is 57.1 Å². The van der Waals surface area contributed by atoms with Crippen molar-refractivity contribution in [2.75, 3.05) is 31.2 Å². The molecule has 39 heavy (non-hydrogen) atoms. The van der Waals surface area contributed by atoms with Gasteiger partial charge in [-0.3, -0.25) is 0 Å². The second-order valence-corrected chi connectivity index (χ2v) is 11.8. The number of anilines is 1. The zero-order valence-electron chi connectivity index (χ0n) is 23.1. The maximum absolute atomic E-state index is 14.0. The average Bonchev–Trinajstić information content (AvgIpc) is 3.26. The zero-order valence-corrected chi connectivity index (χ0v) is 23.9. The maximum atomic E-state index is 14.0. The minimum absolute atomic E-state index is 0.0338. The van der Waals surface area contributed by atoms with E-state index in [0.29, 0.717) is 23.9 Å². The highest BCUT2D eigenvalue weighted by atomic mass is 32.2. The number of para-hydroxylation sites is 2. The van der Waals surface area contributed by atoms with E-state index < -0.39 is 15.8 Å². The molecular formula is C28H35N3O7S. The van der Waals surface area contributed by atoms with Gasteiger partial charge in [0.25, 0.3) is 15.9 Å². The lowest BCUT2D eigenvalue weighted by molar-refractivity contribution is -0.141. The smallest absolute Gasteiger partial charge is 0.265 e. The second-order valence-electron chi connectivity index (χ2n) is 9.99. The fraction of sp³-hybridized carbons (Fsp3) is 0.429. The van der Waals surface area contributed by atoms with E-state index in [1.165, 1.54) is 11.4 Å². The third kappa shape index (κ3) is 6.78. The molecule has 1 aliphatic heterocycles. The largest absolute Gasteiger partial charge is 0.493 e. The predicted octanol–water partition coefficient (Wildman–Crippen LogP) is 4.97. The number of aryl methyl sites for hydroxylation is 1. The molecule has 0 N–H and O–H groups in total. The minimum Gasteiger partial charge on any atom is -0.493 e. The summed E-state index contributed by atoms with van der Waals surface area (Å²) in [7, 11) is -2.50. The van der Waals surface area contributed by atoms with Crippen molar-refractivity contribution in [2.45, 2.75) is 51.4 Å². The number of methoxy groups -OCH3 is 1. The topological polar surface area (TPSA) is 109 Å². The number of ether oxygens (including phenoxy) is 5. The first-order valence-corrected chi connectivity index (χ1v) is 14.2. The van der Waals surface area contributed by atoms with Crippen molar-refractivity contribution in [3.8, 4) is 23.1 Å². The number of rotatable bonds is 11. The first-order chi connectivity index (χ1) is 18.5. The Morgan fingerprint density at radius 2 is 1.72 bits per heavy atom. The lowest BCUT2D eigenvalue weighted by Crippen LogP contribution is -2.35. The van der Waals surface area contributed by atoms with E-state index in [2.05, 4.69) is 9.97 Å². The molecule has 3 aromatic rings. The summed E-state index contributed by atoms with van der Waals surface area (Å²) in [6, 6.07) is 15.3. The number of hydrogen-bond donors (Lipinski definition) is 0. The standard InChI is InChI=1S/C28H35N3O7S/c1-19(2)16-31(39(32,33)22-12-8-7-9-13-22)26-25(37-24-15-11-10-14-23(24)34-6)27(30-20(3)29-26)35-17-21-18-36-28(4,5)38-21/h7-15,19,21H,16-18H2,1-6H3. The molecule has 1 unspecified atom stereocenters. The third-order valence-corrected chi connectivity index (χ3v) is 7.55. The highest BCUT2D eigenvalue weighted by Gasteiger charge is 2.35. The van der Waals surface area contributed by atoms with E-state index >= 15 is 0 Å². The summed E-state index contributed by atoms with van der Waals surface area (Å²) in [6.07, 6.45) is -0.349. The van der Waals surface area contributed by atoms with Crippen LogP contribution < -0.4 is 18.5 Å². The molecule has 1 aliphatic rings. The summed E-state index contributed by atoms with van der Waals surface area (Å²) in [6.45, 7) is 9.78. The van der Waals surface area contributed by atoms with Crippen molar-refractivity contribution in [1.29, 1.82) is 0 Å². The van der Waals surface area contributed by atoms with Crippen LogP contribution in [0.15, 0.2) is 59.5 Å². The molecule has 11 heteroatoms. The number of aromatic nitrogens is 2. The van der Waals surface area contributed by atoms with Crippen LogP contribution in [0.25, 0.3) is 0 Å². The number of sulfonamides is 1. The molecule has 0 bridgehead atoms. The molecule has 2 heterocycles. The lowest BCUT2D eigenvalue weighted by Gasteiger charge is -2.28. The molecule has 1 saturated heterocycles. The number of benzene rings is 2. The van der Waals surface area contributed by atoms with E-state index in [1.54, 1.807) is 61.5 Å². The van der Waals surface area contributed by atoms with Gasteiger partial charge >= 0.3 is 0 Å². The second kappa shape index (κ2) is 11.8. The normalized spacial score (nSPS) is 16.7. The van der Waals surface area contributed by atoms with Gasteiger partial charge in [-0.15, -0.1) is 0 Å². The molecule has 0 saturated carbocycles. The Bertz CT molecular complexity index is 1380. The van der Waals surface area contributed by atoms with E-state index in [9.17, 15) is 8.42 Å². The molecule has 0 radical (unpaired) electrons. The first-order valence-electron chi connectivity index (χ1n) is 12.7. The van der Waals surface area contributed by atoms with Gasteiger partial charge in [-0.2, -0.15) is 4.98 Å².